The summed E-state index contributed by atoms with van der Waals surface area (Å²) in [5.41, 5.74) is -0.845. The summed E-state index contributed by atoms with van der Waals surface area (Å²) in [6, 6.07) is 5.73. The van der Waals surface area contributed by atoms with Gasteiger partial charge in [0.05, 0.1) is 0 Å². The largest absolute Gasteiger partial charge is 0.480 e. The molecule has 0 aromatic heterocycles. The molecule has 94 valence electrons. The quantitative estimate of drug-likeness (QED) is 0.830. The summed E-state index contributed by atoms with van der Waals surface area (Å²) < 4.78 is 13.2. The highest BCUT2D eigenvalue weighted by Gasteiger charge is 2.36. The second-order valence-electron chi connectivity index (χ2n) is 4.39. The molecular formula is C13H18FNO2. The van der Waals surface area contributed by atoms with Crippen LogP contribution in [0, 0.1) is 5.82 Å². The molecular weight excluding hydrogens is 221 g/mol. The number of benzene rings is 1. The predicted octanol–water partition coefficient (Wildman–Crippen LogP) is 2.51. The van der Waals surface area contributed by atoms with Gasteiger partial charge in [-0.2, -0.15) is 0 Å². The van der Waals surface area contributed by atoms with Gasteiger partial charge in [-0.1, -0.05) is 19.1 Å². The van der Waals surface area contributed by atoms with Crippen molar-refractivity contribution in [1.82, 2.24) is 5.32 Å². The molecule has 0 fully saturated rings. The number of carboxylic acids is 1. The lowest BCUT2D eigenvalue weighted by Crippen LogP contribution is -2.50. The molecule has 0 amide bonds. The summed E-state index contributed by atoms with van der Waals surface area (Å²) in [4.78, 5) is 11.4. The van der Waals surface area contributed by atoms with E-state index in [1.807, 2.05) is 13.8 Å². The lowest BCUT2D eigenvalue weighted by atomic mass is 9.91. The topological polar surface area (TPSA) is 49.3 Å². The molecule has 0 aliphatic carbocycles. The van der Waals surface area contributed by atoms with Crippen molar-refractivity contribution < 1.29 is 14.3 Å². The maximum atomic E-state index is 13.2. The van der Waals surface area contributed by atoms with Crippen molar-refractivity contribution in [1.29, 1.82) is 0 Å². The van der Waals surface area contributed by atoms with Crippen LogP contribution in [0.1, 0.15) is 32.8 Å². The zero-order valence-electron chi connectivity index (χ0n) is 10.3. The lowest BCUT2D eigenvalue weighted by Gasteiger charge is -2.30. The molecule has 0 heterocycles. The summed E-state index contributed by atoms with van der Waals surface area (Å²) in [6.07, 6.45) is 0.804. The van der Waals surface area contributed by atoms with Crippen LogP contribution >= 0.6 is 0 Å². The fraction of sp³-hybridized carbons (Fsp3) is 0.462. The number of aliphatic carboxylic acids is 1. The third-order valence-corrected chi connectivity index (χ3v) is 2.98. The van der Waals surface area contributed by atoms with Crippen molar-refractivity contribution in [2.75, 3.05) is 0 Å². The van der Waals surface area contributed by atoms with Crippen LogP contribution < -0.4 is 5.32 Å². The second-order valence-corrected chi connectivity index (χ2v) is 4.39. The average molecular weight is 239 g/mol. The molecule has 0 saturated heterocycles. The van der Waals surface area contributed by atoms with E-state index in [9.17, 15) is 14.3 Å². The first-order chi connectivity index (χ1) is 7.90. The number of halogens is 1. The van der Waals surface area contributed by atoms with Crippen molar-refractivity contribution >= 4 is 5.97 Å². The smallest absolute Gasteiger partial charge is 0.328 e. The van der Waals surface area contributed by atoms with Gasteiger partial charge in [-0.25, -0.2) is 9.18 Å². The molecule has 17 heavy (non-hydrogen) atoms. The van der Waals surface area contributed by atoms with Gasteiger partial charge >= 0.3 is 5.97 Å². The molecule has 2 unspecified atom stereocenters. The van der Waals surface area contributed by atoms with Crippen molar-refractivity contribution in [2.45, 2.75) is 38.8 Å². The van der Waals surface area contributed by atoms with Gasteiger partial charge in [-0.05, 0) is 38.0 Å². The molecule has 1 aromatic rings. The molecule has 2 atom stereocenters. The van der Waals surface area contributed by atoms with E-state index in [1.165, 1.54) is 18.2 Å². The van der Waals surface area contributed by atoms with Crippen LogP contribution in [-0.2, 0) is 10.3 Å². The van der Waals surface area contributed by atoms with E-state index in [1.54, 1.807) is 13.0 Å². The maximum Gasteiger partial charge on any atom is 0.328 e. The zero-order valence-corrected chi connectivity index (χ0v) is 10.3. The summed E-state index contributed by atoms with van der Waals surface area (Å²) in [7, 11) is 0. The molecule has 0 saturated carbocycles. The Morgan fingerprint density at radius 3 is 2.71 bits per heavy atom. The fourth-order valence-corrected chi connectivity index (χ4v) is 1.66. The molecule has 1 aromatic carbocycles. The SMILES string of the molecule is CCC(C)NC(C)(C(=O)O)c1cccc(F)c1. The highest BCUT2D eigenvalue weighted by molar-refractivity contribution is 5.80. The highest BCUT2D eigenvalue weighted by Crippen LogP contribution is 2.23. The van der Waals surface area contributed by atoms with E-state index < -0.39 is 17.3 Å². The Kier molecular flexibility index (Phi) is 4.23. The second kappa shape index (κ2) is 5.27. The van der Waals surface area contributed by atoms with Crippen LogP contribution in [0.4, 0.5) is 4.39 Å². The third kappa shape index (κ3) is 3.03. The molecule has 0 aliphatic heterocycles. The van der Waals surface area contributed by atoms with Crippen molar-refractivity contribution in [3.05, 3.63) is 35.6 Å². The summed E-state index contributed by atoms with van der Waals surface area (Å²) in [5, 5.41) is 12.4. The Bertz CT molecular complexity index is 408. The number of rotatable bonds is 5. The number of carboxylic acid groups (broad SMARTS) is 1. The van der Waals surface area contributed by atoms with E-state index in [0.29, 0.717) is 5.56 Å². The Morgan fingerprint density at radius 1 is 1.59 bits per heavy atom. The number of hydrogen-bond donors (Lipinski definition) is 2. The molecule has 0 spiro atoms. The van der Waals surface area contributed by atoms with Gasteiger partial charge in [-0.3, -0.25) is 5.32 Å². The van der Waals surface area contributed by atoms with Crippen LogP contribution in [0.2, 0.25) is 0 Å². The van der Waals surface area contributed by atoms with Crippen LogP contribution in [0.15, 0.2) is 24.3 Å². The minimum Gasteiger partial charge on any atom is -0.480 e. The van der Waals surface area contributed by atoms with Gasteiger partial charge in [0, 0.05) is 6.04 Å². The number of hydrogen-bond acceptors (Lipinski definition) is 2. The van der Waals surface area contributed by atoms with Crippen LogP contribution in [0.25, 0.3) is 0 Å². The van der Waals surface area contributed by atoms with Crippen LogP contribution in [-0.4, -0.2) is 17.1 Å². The van der Waals surface area contributed by atoms with Gasteiger partial charge < -0.3 is 5.11 Å². The molecule has 0 bridgehead atoms. The first kappa shape index (κ1) is 13.6. The minimum atomic E-state index is -1.27. The summed E-state index contributed by atoms with van der Waals surface area (Å²) >= 11 is 0. The van der Waals surface area contributed by atoms with Crippen LogP contribution in [0.5, 0.6) is 0 Å². The number of carbonyl (C=O) groups is 1. The lowest BCUT2D eigenvalue weighted by molar-refractivity contribution is -0.145. The fourth-order valence-electron chi connectivity index (χ4n) is 1.66. The molecule has 0 aliphatic rings. The Morgan fingerprint density at radius 2 is 2.24 bits per heavy atom. The summed E-state index contributed by atoms with van der Waals surface area (Å²) in [5.74, 6) is -1.44. The van der Waals surface area contributed by atoms with Gasteiger partial charge in [0.2, 0.25) is 0 Å². The first-order valence-corrected chi connectivity index (χ1v) is 5.67. The standard InChI is InChI=1S/C13H18FNO2/c1-4-9(2)15-13(3,12(16)17)10-6-5-7-11(14)8-10/h5-9,15H,4H2,1-3H3,(H,16,17). The van der Waals surface area contributed by atoms with Crippen molar-refractivity contribution in [2.24, 2.45) is 0 Å². The normalized spacial score (nSPS) is 16.2. The third-order valence-electron chi connectivity index (χ3n) is 2.98. The van der Waals surface area contributed by atoms with Crippen LogP contribution in [0.3, 0.4) is 0 Å². The molecule has 0 radical (unpaired) electrons. The minimum absolute atomic E-state index is 0.0411. The predicted molar refractivity (Wildman–Crippen MR) is 64.3 cm³/mol. The van der Waals surface area contributed by atoms with E-state index in [-0.39, 0.29) is 6.04 Å². The van der Waals surface area contributed by atoms with Crippen molar-refractivity contribution in [3.8, 4) is 0 Å². The van der Waals surface area contributed by atoms with E-state index >= 15 is 0 Å². The van der Waals surface area contributed by atoms with Gasteiger partial charge in [0.25, 0.3) is 0 Å². The van der Waals surface area contributed by atoms with Crippen molar-refractivity contribution in [3.63, 3.8) is 0 Å². The molecule has 4 heteroatoms. The van der Waals surface area contributed by atoms with E-state index in [0.717, 1.165) is 6.42 Å². The first-order valence-electron chi connectivity index (χ1n) is 5.67. The monoisotopic (exact) mass is 239 g/mol. The molecule has 2 N–H and O–H groups in total. The Hall–Kier alpha value is -1.42. The average Bonchev–Trinajstić information content (AvgIpc) is 2.28. The summed E-state index contributed by atoms with van der Waals surface area (Å²) in [6.45, 7) is 5.42. The molecule has 3 nitrogen and oxygen atoms in total. The van der Waals surface area contributed by atoms with E-state index in [4.69, 9.17) is 0 Å². The molecule has 1 rings (SSSR count). The highest BCUT2D eigenvalue weighted by atomic mass is 19.1. The van der Waals surface area contributed by atoms with E-state index in [2.05, 4.69) is 5.32 Å². The van der Waals surface area contributed by atoms with Gasteiger partial charge in [-0.15, -0.1) is 0 Å². The number of nitrogens with one attached hydrogen (secondary N) is 1. The van der Waals surface area contributed by atoms with Gasteiger partial charge in [0.1, 0.15) is 11.4 Å². The Labute approximate surface area is 101 Å². The maximum absolute atomic E-state index is 13.2. The Balaban J connectivity index is 3.11. The van der Waals surface area contributed by atoms with Gasteiger partial charge in [0.15, 0.2) is 0 Å². The zero-order chi connectivity index (χ0) is 13.1.